The smallest absolute Gasteiger partial charge is 0.0624 e. The third-order valence-corrected chi connectivity index (χ3v) is 4.10. The molecule has 0 aliphatic heterocycles. The van der Waals surface area contributed by atoms with E-state index in [2.05, 4.69) is 39.1 Å². The first-order chi connectivity index (χ1) is 8.41. The van der Waals surface area contributed by atoms with Crippen molar-refractivity contribution in [2.24, 2.45) is 11.8 Å². The van der Waals surface area contributed by atoms with Crippen molar-refractivity contribution in [3.05, 3.63) is 33.8 Å². The van der Waals surface area contributed by atoms with Gasteiger partial charge in [0.15, 0.2) is 0 Å². The molecular formula is C15H23Cl2N. The monoisotopic (exact) mass is 287 g/mol. The van der Waals surface area contributed by atoms with Gasteiger partial charge >= 0.3 is 0 Å². The average Bonchev–Trinajstić information content (AvgIpc) is 2.29. The van der Waals surface area contributed by atoms with Crippen LogP contribution in [0.3, 0.4) is 0 Å². The molecule has 1 aromatic rings. The molecule has 0 bridgehead atoms. The minimum atomic E-state index is 0.515. The Kier molecular flexibility index (Phi) is 6.48. The van der Waals surface area contributed by atoms with Gasteiger partial charge in [0.2, 0.25) is 0 Å². The van der Waals surface area contributed by atoms with Crippen molar-refractivity contribution < 1.29 is 0 Å². The summed E-state index contributed by atoms with van der Waals surface area (Å²) in [4.78, 5) is 0. The van der Waals surface area contributed by atoms with Gasteiger partial charge in [0.05, 0.1) is 10.0 Å². The second-order valence-corrected chi connectivity index (χ2v) is 6.27. The van der Waals surface area contributed by atoms with Gasteiger partial charge in [-0.05, 0) is 36.4 Å². The first-order valence-corrected chi connectivity index (χ1v) is 7.33. The molecule has 1 atom stereocenters. The fourth-order valence-corrected chi connectivity index (χ4v) is 2.32. The van der Waals surface area contributed by atoms with E-state index in [-0.39, 0.29) is 0 Å². The second kappa shape index (κ2) is 7.37. The molecule has 1 aromatic carbocycles. The summed E-state index contributed by atoms with van der Waals surface area (Å²) in [5.74, 6) is 1.19. The van der Waals surface area contributed by atoms with Gasteiger partial charge in [0.1, 0.15) is 0 Å². The molecule has 1 unspecified atom stereocenters. The lowest BCUT2D eigenvalue weighted by Gasteiger charge is -2.23. The zero-order valence-electron chi connectivity index (χ0n) is 11.6. The van der Waals surface area contributed by atoms with E-state index in [9.17, 15) is 0 Å². The third kappa shape index (κ3) is 4.79. The van der Waals surface area contributed by atoms with Crippen LogP contribution in [0, 0.1) is 11.8 Å². The normalized spacial score (nSPS) is 13.3. The van der Waals surface area contributed by atoms with Crippen LogP contribution in [-0.2, 0) is 6.42 Å². The molecule has 1 rings (SSSR count). The maximum Gasteiger partial charge on any atom is 0.0624 e. The van der Waals surface area contributed by atoms with Crippen LogP contribution in [0.5, 0.6) is 0 Å². The number of rotatable bonds is 6. The standard InChI is InChI=1S/C15H23Cl2N/c1-10(2)13(9-18-11(3)4)8-12-6-5-7-14(16)15(12)17/h5-7,10-11,13,18H,8-9H2,1-4H3. The van der Waals surface area contributed by atoms with Crippen molar-refractivity contribution >= 4 is 23.2 Å². The lowest BCUT2D eigenvalue weighted by molar-refractivity contribution is 0.349. The largest absolute Gasteiger partial charge is 0.314 e. The van der Waals surface area contributed by atoms with Crippen molar-refractivity contribution in [3.63, 3.8) is 0 Å². The number of hydrogen-bond acceptors (Lipinski definition) is 1. The van der Waals surface area contributed by atoms with Crippen LogP contribution < -0.4 is 5.32 Å². The van der Waals surface area contributed by atoms with E-state index in [0.717, 1.165) is 18.5 Å². The predicted molar refractivity (Wildman–Crippen MR) is 81.6 cm³/mol. The summed E-state index contributed by atoms with van der Waals surface area (Å²) in [7, 11) is 0. The average molecular weight is 288 g/mol. The molecule has 0 spiro atoms. The molecule has 0 radical (unpaired) electrons. The zero-order chi connectivity index (χ0) is 13.7. The third-order valence-electron chi connectivity index (χ3n) is 3.24. The lowest BCUT2D eigenvalue weighted by Crippen LogP contribution is -2.32. The van der Waals surface area contributed by atoms with Gasteiger partial charge in [-0.25, -0.2) is 0 Å². The zero-order valence-corrected chi connectivity index (χ0v) is 13.1. The van der Waals surface area contributed by atoms with E-state index in [1.165, 1.54) is 0 Å². The molecule has 0 saturated heterocycles. The topological polar surface area (TPSA) is 12.0 Å². The van der Waals surface area contributed by atoms with Crippen molar-refractivity contribution in [2.75, 3.05) is 6.54 Å². The highest BCUT2D eigenvalue weighted by atomic mass is 35.5. The van der Waals surface area contributed by atoms with Gasteiger partial charge < -0.3 is 5.32 Å². The Labute approximate surface area is 121 Å². The Balaban J connectivity index is 2.74. The van der Waals surface area contributed by atoms with E-state index in [0.29, 0.717) is 27.9 Å². The summed E-state index contributed by atoms with van der Waals surface area (Å²) < 4.78 is 0. The van der Waals surface area contributed by atoms with E-state index in [1.807, 2.05) is 12.1 Å². The maximum absolute atomic E-state index is 6.25. The molecule has 102 valence electrons. The summed E-state index contributed by atoms with van der Waals surface area (Å²) in [5.41, 5.74) is 1.15. The minimum Gasteiger partial charge on any atom is -0.314 e. The molecule has 0 amide bonds. The van der Waals surface area contributed by atoms with Gasteiger partial charge in [-0.3, -0.25) is 0 Å². The summed E-state index contributed by atoms with van der Waals surface area (Å²) in [6, 6.07) is 6.39. The van der Waals surface area contributed by atoms with Crippen LogP contribution in [0.1, 0.15) is 33.3 Å². The summed E-state index contributed by atoms with van der Waals surface area (Å²) in [6.07, 6.45) is 0.969. The molecule has 0 fully saturated rings. The van der Waals surface area contributed by atoms with Crippen molar-refractivity contribution in [1.29, 1.82) is 0 Å². The van der Waals surface area contributed by atoms with Crippen LogP contribution in [0.15, 0.2) is 18.2 Å². The molecular weight excluding hydrogens is 265 g/mol. The first-order valence-electron chi connectivity index (χ1n) is 6.58. The van der Waals surface area contributed by atoms with Gasteiger partial charge in [0, 0.05) is 6.04 Å². The first kappa shape index (κ1) is 15.8. The van der Waals surface area contributed by atoms with E-state index < -0.39 is 0 Å². The van der Waals surface area contributed by atoms with E-state index in [1.54, 1.807) is 0 Å². The number of halogens is 2. The molecule has 0 aliphatic rings. The van der Waals surface area contributed by atoms with Crippen molar-refractivity contribution in [3.8, 4) is 0 Å². The lowest BCUT2D eigenvalue weighted by atomic mass is 9.89. The maximum atomic E-state index is 6.25. The van der Waals surface area contributed by atoms with Gasteiger partial charge in [-0.2, -0.15) is 0 Å². The van der Waals surface area contributed by atoms with Gasteiger partial charge in [-0.1, -0.05) is 63.0 Å². The number of benzene rings is 1. The predicted octanol–water partition coefficient (Wildman–Crippen LogP) is 4.81. The van der Waals surface area contributed by atoms with Crippen LogP contribution in [0.25, 0.3) is 0 Å². The van der Waals surface area contributed by atoms with Crippen molar-refractivity contribution in [2.45, 2.75) is 40.2 Å². The van der Waals surface area contributed by atoms with Crippen LogP contribution >= 0.6 is 23.2 Å². The Morgan fingerprint density at radius 3 is 2.33 bits per heavy atom. The number of nitrogens with one attached hydrogen (secondary N) is 1. The molecule has 0 heterocycles. The molecule has 18 heavy (non-hydrogen) atoms. The van der Waals surface area contributed by atoms with Crippen molar-refractivity contribution in [1.82, 2.24) is 5.32 Å². The van der Waals surface area contributed by atoms with Crippen LogP contribution in [0.2, 0.25) is 10.0 Å². The second-order valence-electron chi connectivity index (χ2n) is 5.48. The summed E-state index contributed by atoms with van der Waals surface area (Å²) >= 11 is 12.3. The Hall–Kier alpha value is -0.240. The van der Waals surface area contributed by atoms with Crippen LogP contribution in [-0.4, -0.2) is 12.6 Å². The molecule has 1 nitrogen and oxygen atoms in total. The highest BCUT2D eigenvalue weighted by Gasteiger charge is 2.16. The van der Waals surface area contributed by atoms with E-state index in [4.69, 9.17) is 23.2 Å². The van der Waals surface area contributed by atoms with E-state index >= 15 is 0 Å². The van der Waals surface area contributed by atoms with Gasteiger partial charge in [-0.15, -0.1) is 0 Å². The Morgan fingerprint density at radius 1 is 1.11 bits per heavy atom. The minimum absolute atomic E-state index is 0.515. The number of hydrogen-bond donors (Lipinski definition) is 1. The quantitative estimate of drug-likeness (QED) is 0.792. The summed E-state index contributed by atoms with van der Waals surface area (Å²) in [6.45, 7) is 9.86. The highest BCUT2D eigenvalue weighted by Crippen LogP contribution is 2.28. The fourth-order valence-electron chi connectivity index (χ4n) is 1.92. The molecule has 0 aromatic heterocycles. The SMILES string of the molecule is CC(C)NCC(Cc1cccc(Cl)c1Cl)C(C)C. The Bertz CT molecular complexity index is 375. The fraction of sp³-hybridized carbons (Fsp3) is 0.600. The molecule has 3 heteroatoms. The summed E-state index contributed by atoms with van der Waals surface area (Å²) in [5, 5.41) is 4.86. The molecule has 0 aliphatic carbocycles. The van der Waals surface area contributed by atoms with Gasteiger partial charge in [0.25, 0.3) is 0 Å². The Morgan fingerprint density at radius 2 is 1.78 bits per heavy atom. The molecule has 0 saturated carbocycles. The molecule has 1 N–H and O–H groups in total. The van der Waals surface area contributed by atoms with Crippen LogP contribution in [0.4, 0.5) is 0 Å². The highest BCUT2D eigenvalue weighted by molar-refractivity contribution is 6.42.